The minimum atomic E-state index is -0.383. The van der Waals surface area contributed by atoms with Crippen molar-refractivity contribution in [2.24, 2.45) is 0 Å². The highest BCUT2D eigenvalue weighted by molar-refractivity contribution is 6.10. The van der Waals surface area contributed by atoms with Crippen molar-refractivity contribution in [2.45, 2.75) is 20.8 Å². The van der Waals surface area contributed by atoms with E-state index in [9.17, 15) is 9.59 Å². The predicted octanol–water partition coefficient (Wildman–Crippen LogP) is 4.76. The maximum Gasteiger partial charge on any atom is 0.292 e. The normalized spacial score (nSPS) is 10.8. The van der Waals surface area contributed by atoms with Crippen molar-refractivity contribution in [3.63, 3.8) is 0 Å². The summed E-state index contributed by atoms with van der Waals surface area (Å²) in [5.74, 6) is -0.588. The van der Waals surface area contributed by atoms with Crippen molar-refractivity contribution < 1.29 is 9.59 Å². The summed E-state index contributed by atoms with van der Waals surface area (Å²) in [7, 11) is 0. The number of nitrogens with one attached hydrogen (secondary N) is 2. The molecule has 30 heavy (non-hydrogen) atoms. The molecule has 0 aliphatic carbocycles. The number of carbonyl (C=O) groups excluding carboxylic acids is 2. The van der Waals surface area contributed by atoms with E-state index >= 15 is 0 Å². The van der Waals surface area contributed by atoms with Gasteiger partial charge in [0.25, 0.3) is 11.8 Å². The number of benzene rings is 2. The molecule has 0 aliphatic heterocycles. The number of anilines is 2. The lowest BCUT2D eigenvalue weighted by molar-refractivity contribution is 0.101. The van der Waals surface area contributed by atoms with Crippen molar-refractivity contribution in [3.05, 3.63) is 95.1 Å². The second-order valence-electron chi connectivity index (χ2n) is 7.28. The number of hydrogen-bond acceptors (Lipinski definition) is 3. The van der Waals surface area contributed by atoms with E-state index in [0.717, 1.165) is 22.4 Å². The molecule has 0 atom stereocenters. The molecule has 4 aromatic rings. The summed E-state index contributed by atoms with van der Waals surface area (Å²) in [5, 5.41) is 5.79. The summed E-state index contributed by atoms with van der Waals surface area (Å²) in [5.41, 5.74) is 5.21. The average Bonchev–Trinajstić information content (AvgIpc) is 3.12. The van der Waals surface area contributed by atoms with Crippen molar-refractivity contribution in [2.75, 3.05) is 10.6 Å². The second-order valence-corrected chi connectivity index (χ2v) is 7.28. The minimum Gasteiger partial charge on any atom is -0.320 e. The highest BCUT2D eigenvalue weighted by Crippen LogP contribution is 2.22. The molecule has 2 aromatic heterocycles. The molecule has 0 saturated heterocycles. The fraction of sp³-hybridized carbons (Fsp3) is 0.125. The maximum absolute atomic E-state index is 13.0. The molecule has 4 rings (SSSR count). The Morgan fingerprint density at radius 1 is 0.800 bits per heavy atom. The van der Waals surface area contributed by atoms with E-state index in [-0.39, 0.29) is 23.3 Å². The zero-order valence-electron chi connectivity index (χ0n) is 17.1. The molecule has 0 saturated carbocycles. The SMILES string of the molecule is Cc1ccc(NC(=O)c2nc(C(=O)Nc3c(C)cccc3C)c3ccccn23)cc1. The number of aromatic nitrogens is 2. The minimum absolute atomic E-state index is 0.151. The molecule has 2 N–H and O–H groups in total. The zero-order chi connectivity index (χ0) is 21.3. The molecule has 0 radical (unpaired) electrons. The molecule has 2 heterocycles. The van der Waals surface area contributed by atoms with Crippen LogP contribution in [-0.2, 0) is 0 Å². The summed E-state index contributed by atoms with van der Waals surface area (Å²) in [6.07, 6.45) is 1.72. The Balaban J connectivity index is 1.69. The third-order valence-corrected chi connectivity index (χ3v) is 5.00. The smallest absolute Gasteiger partial charge is 0.292 e. The summed E-state index contributed by atoms with van der Waals surface area (Å²) in [6, 6.07) is 18.7. The van der Waals surface area contributed by atoms with Crippen LogP contribution in [0.5, 0.6) is 0 Å². The Morgan fingerprint density at radius 3 is 2.20 bits per heavy atom. The molecule has 0 spiro atoms. The number of fused-ring (bicyclic) bond motifs is 1. The number of para-hydroxylation sites is 1. The largest absolute Gasteiger partial charge is 0.320 e. The van der Waals surface area contributed by atoms with Gasteiger partial charge in [-0.25, -0.2) is 4.98 Å². The molecule has 2 aromatic carbocycles. The predicted molar refractivity (Wildman–Crippen MR) is 118 cm³/mol. The molecule has 0 aliphatic rings. The first-order valence-electron chi connectivity index (χ1n) is 9.66. The van der Waals surface area contributed by atoms with Crippen molar-refractivity contribution in [1.82, 2.24) is 9.38 Å². The lowest BCUT2D eigenvalue weighted by atomic mass is 10.1. The van der Waals surface area contributed by atoms with Crippen LogP contribution in [0.3, 0.4) is 0 Å². The highest BCUT2D eigenvalue weighted by atomic mass is 16.2. The van der Waals surface area contributed by atoms with E-state index in [0.29, 0.717) is 11.2 Å². The van der Waals surface area contributed by atoms with Crippen LogP contribution in [0.4, 0.5) is 11.4 Å². The van der Waals surface area contributed by atoms with Gasteiger partial charge in [-0.05, 0) is 56.2 Å². The van der Waals surface area contributed by atoms with Crippen LogP contribution in [0.2, 0.25) is 0 Å². The first kappa shape index (κ1) is 19.4. The molecule has 0 fully saturated rings. The van der Waals surface area contributed by atoms with Gasteiger partial charge in [0.1, 0.15) is 0 Å². The van der Waals surface area contributed by atoms with Crippen LogP contribution in [0.1, 0.15) is 37.8 Å². The number of aryl methyl sites for hydroxylation is 3. The number of nitrogens with zero attached hydrogens (tertiary/aromatic N) is 2. The summed E-state index contributed by atoms with van der Waals surface area (Å²) in [4.78, 5) is 30.3. The van der Waals surface area contributed by atoms with E-state index in [1.807, 2.05) is 69.3 Å². The van der Waals surface area contributed by atoms with Crippen LogP contribution >= 0.6 is 0 Å². The highest BCUT2D eigenvalue weighted by Gasteiger charge is 2.22. The van der Waals surface area contributed by atoms with Crippen LogP contribution in [0, 0.1) is 20.8 Å². The van der Waals surface area contributed by atoms with Gasteiger partial charge in [0, 0.05) is 17.6 Å². The van der Waals surface area contributed by atoms with Crippen molar-refractivity contribution >= 4 is 28.7 Å². The number of pyridine rings is 1. The average molecular weight is 398 g/mol. The Kier molecular flexibility index (Phi) is 5.06. The lowest BCUT2D eigenvalue weighted by Crippen LogP contribution is -2.17. The summed E-state index contributed by atoms with van der Waals surface area (Å²) in [6.45, 7) is 5.86. The van der Waals surface area contributed by atoms with E-state index in [4.69, 9.17) is 0 Å². The first-order chi connectivity index (χ1) is 14.4. The Bertz CT molecular complexity index is 1240. The molecular formula is C24H22N4O2. The molecule has 0 bridgehead atoms. The van der Waals surface area contributed by atoms with Gasteiger partial charge in [0.15, 0.2) is 5.69 Å². The fourth-order valence-corrected chi connectivity index (χ4v) is 3.37. The summed E-state index contributed by atoms with van der Waals surface area (Å²) >= 11 is 0. The second kappa shape index (κ2) is 7.83. The number of carbonyl (C=O) groups is 2. The molecule has 0 unspecified atom stereocenters. The molecular weight excluding hydrogens is 376 g/mol. The third kappa shape index (κ3) is 3.67. The van der Waals surface area contributed by atoms with Gasteiger partial charge >= 0.3 is 0 Å². The van der Waals surface area contributed by atoms with Crippen molar-refractivity contribution in [1.29, 1.82) is 0 Å². The number of amides is 2. The zero-order valence-corrected chi connectivity index (χ0v) is 17.1. The molecule has 2 amide bonds. The molecule has 150 valence electrons. The number of hydrogen-bond donors (Lipinski definition) is 2. The van der Waals surface area contributed by atoms with E-state index in [1.165, 1.54) is 0 Å². The molecule has 6 nitrogen and oxygen atoms in total. The summed E-state index contributed by atoms with van der Waals surface area (Å²) < 4.78 is 1.63. The van der Waals surface area contributed by atoms with Crippen LogP contribution in [-0.4, -0.2) is 21.2 Å². The van der Waals surface area contributed by atoms with Crippen LogP contribution < -0.4 is 10.6 Å². The fourth-order valence-electron chi connectivity index (χ4n) is 3.37. The van der Waals surface area contributed by atoms with E-state index in [1.54, 1.807) is 22.7 Å². The topological polar surface area (TPSA) is 75.5 Å². The van der Waals surface area contributed by atoms with Gasteiger partial charge < -0.3 is 10.6 Å². The third-order valence-electron chi connectivity index (χ3n) is 5.00. The van der Waals surface area contributed by atoms with Gasteiger partial charge in [-0.1, -0.05) is 42.0 Å². The lowest BCUT2D eigenvalue weighted by Gasteiger charge is -2.10. The quantitative estimate of drug-likeness (QED) is 0.520. The Hall–Kier alpha value is -3.93. The van der Waals surface area contributed by atoms with E-state index < -0.39 is 0 Å². The molecule has 6 heteroatoms. The maximum atomic E-state index is 13.0. The number of rotatable bonds is 4. The van der Waals surface area contributed by atoms with E-state index in [2.05, 4.69) is 15.6 Å². The van der Waals surface area contributed by atoms with Gasteiger partial charge in [0.2, 0.25) is 5.82 Å². The Morgan fingerprint density at radius 2 is 1.50 bits per heavy atom. The van der Waals surface area contributed by atoms with Gasteiger partial charge in [-0.3, -0.25) is 14.0 Å². The van der Waals surface area contributed by atoms with Gasteiger partial charge in [-0.2, -0.15) is 0 Å². The Labute approximate surface area is 174 Å². The van der Waals surface area contributed by atoms with Gasteiger partial charge in [-0.15, -0.1) is 0 Å². The van der Waals surface area contributed by atoms with Gasteiger partial charge in [0.05, 0.1) is 5.52 Å². The monoisotopic (exact) mass is 398 g/mol. The van der Waals surface area contributed by atoms with Crippen LogP contribution in [0.25, 0.3) is 5.52 Å². The number of imidazole rings is 1. The van der Waals surface area contributed by atoms with Crippen molar-refractivity contribution in [3.8, 4) is 0 Å². The first-order valence-corrected chi connectivity index (χ1v) is 9.66. The van der Waals surface area contributed by atoms with Crippen LogP contribution in [0.15, 0.2) is 66.9 Å². The standard InChI is InChI=1S/C24H22N4O2/c1-15-10-12-18(13-11-15)25-24(30)22-26-21(19-9-4-5-14-28(19)22)23(29)27-20-16(2)7-6-8-17(20)3/h4-14H,1-3H3,(H,25,30)(H,27,29).